The third kappa shape index (κ3) is 4.79. The van der Waals surface area contributed by atoms with E-state index in [0.29, 0.717) is 27.5 Å². The van der Waals surface area contributed by atoms with Crippen molar-refractivity contribution in [2.75, 3.05) is 10.0 Å². The van der Waals surface area contributed by atoms with E-state index in [2.05, 4.69) is 15.0 Å². The average molecular weight is 424 g/mol. The maximum Gasteiger partial charge on any atom is 0.257 e. The van der Waals surface area contributed by atoms with Gasteiger partial charge >= 0.3 is 0 Å². The van der Waals surface area contributed by atoms with Crippen LogP contribution in [0.1, 0.15) is 15.9 Å². The molecule has 1 heterocycles. The summed E-state index contributed by atoms with van der Waals surface area (Å²) in [7, 11) is -3.54. The molecule has 0 radical (unpaired) electrons. The Hall–Kier alpha value is -3.23. The molecule has 0 spiro atoms. The molecule has 0 aliphatic carbocycles. The summed E-state index contributed by atoms with van der Waals surface area (Å²) in [5.41, 5.74) is 2.40. The Morgan fingerprint density at radius 3 is 2.34 bits per heavy atom. The molecule has 0 unspecified atom stereocenters. The third-order valence-corrected chi connectivity index (χ3v) is 6.31. The number of carbonyl (C=O) groups excluding carboxylic acids is 1. The maximum absolute atomic E-state index is 12.4. The van der Waals surface area contributed by atoms with Crippen LogP contribution in [0.5, 0.6) is 0 Å². The van der Waals surface area contributed by atoms with E-state index in [0.717, 1.165) is 4.70 Å². The van der Waals surface area contributed by atoms with Crippen LogP contribution in [0.3, 0.4) is 0 Å². The van der Waals surface area contributed by atoms with Crippen LogP contribution in [0.2, 0.25) is 0 Å². The molecule has 0 bridgehead atoms. The lowest BCUT2D eigenvalue weighted by molar-refractivity contribution is 0.102. The highest BCUT2D eigenvalue weighted by Crippen LogP contribution is 2.29. The third-order valence-electron chi connectivity index (χ3n) is 4.12. The molecule has 0 atom stereocenters. The topological polar surface area (TPSA) is 88.2 Å². The zero-order chi connectivity index (χ0) is 20.3. The lowest BCUT2D eigenvalue weighted by Crippen LogP contribution is -2.14. The Labute approximate surface area is 172 Å². The van der Waals surface area contributed by atoms with E-state index in [9.17, 15) is 13.2 Å². The van der Waals surface area contributed by atoms with Gasteiger partial charge in [-0.1, -0.05) is 59.9 Å². The molecule has 2 N–H and O–H groups in total. The van der Waals surface area contributed by atoms with Crippen LogP contribution in [0.15, 0.2) is 78.9 Å². The molecule has 0 fully saturated rings. The number of nitrogens with one attached hydrogen (secondary N) is 2. The second-order valence-electron chi connectivity index (χ2n) is 6.37. The van der Waals surface area contributed by atoms with Crippen molar-refractivity contribution >= 4 is 48.3 Å². The molecule has 4 rings (SSSR count). The summed E-state index contributed by atoms with van der Waals surface area (Å²) >= 11 is 1.29. The number of carbonyl (C=O) groups is 1. The predicted octanol–water partition coefficient (Wildman–Crippen LogP) is 4.49. The Morgan fingerprint density at radius 2 is 1.62 bits per heavy atom. The van der Waals surface area contributed by atoms with Crippen molar-refractivity contribution in [3.8, 4) is 0 Å². The average Bonchev–Trinajstić information content (AvgIpc) is 3.10. The van der Waals surface area contributed by atoms with E-state index in [1.165, 1.54) is 11.3 Å². The quantitative estimate of drug-likeness (QED) is 0.478. The molecule has 1 amide bonds. The SMILES string of the molecule is O=C(Nc1nc2ccc(NS(=O)(=O)Cc3ccccc3)cc2s1)c1ccccc1. The van der Waals surface area contributed by atoms with Gasteiger partial charge in [0.1, 0.15) is 0 Å². The summed E-state index contributed by atoms with van der Waals surface area (Å²) in [6, 6.07) is 23.0. The molecule has 146 valence electrons. The van der Waals surface area contributed by atoms with Crippen molar-refractivity contribution in [2.45, 2.75) is 5.75 Å². The van der Waals surface area contributed by atoms with Crippen molar-refractivity contribution in [2.24, 2.45) is 0 Å². The van der Waals surface area contributed by atoms with Gasteiger partial charge in [-0.05, 0) is 35.9 Å². The van der Waals surface area contributed by atoms with Crippen LogP contribution in [0.4, 0.5) is 10.8 Å². The van der Waals surface area contributed by atoms with Crippen LogP contribution in [0.25, 0.3) is 10.2 Å². The molecular formula is C21H17N3O3S2. The van der Waals surface area contributed by atoms with Gasteiger partial charge in [-0.15, -0.1) is 0 Å². The fourth-order valence-electron chi connectivity index (χ4n) is 2.81. The Kier molecular flexibility index (Phi) is 5.28. The number of rotatable bonds is 6. The number of aromatic nitrogens is 1. The minimum absolute atomic E-state index is 0.104. The molecular weight excluding hydrogens is 406 g/mol. The van der Waals surface area contributed by atoms with Crippen molar-refractivity contribution < 1.29 is 13.2 Å². The number of anilines is 2. The fourth-order valence-corrected chi connectivity index (χ4v) is 4.90. The number of nitrogens with zero attached hydrogens (tertiary/aromatic N) is 1. The molecule has 1 aromatic heterocycles. The van der Waals surface area contributed by atoms with E-state index >= 15 is 0 Å². The first-order chi connectivity index (χ1) is 14.0. The number of hydrogen-bond acceptors (Lipinski definition) is 5. The molecule has 29 heavy (non-hydrogen) atoms. The second-order valence-corrected chi connectivity index (χ2v) is 9.12. The highest BCUT2D eigenvalue weighted by atomic mass is 32.2. The lowest BCUT2D eigenvalue weighted by atomic mass is 10.2. The fraction of sp³-hybridized carbons (Fsp3) is 0.0476. The lowest BCUT2D eigenvalue weighted by Gasteiger charge is -2.08. The van der Waals surface area contributed by atoms with Gasteiger partial charge in [0.05, 0.1) is 21.7 Å². The molecule has 8 heteroatoms. The van der Waals surface area contributed by atoms with Crippen LogP contribution < -0.4 is 10.0 Å². The van der Waals surface area contributed by atoms with E-state index in [4.69, 9.17) is 0 Å². The van der Waals surface area contributed by atoms with E-state index < -0.39 is 10.0 Å². The number of thiazole rings is 1. The maximum atomic E-state index is 12.4. The number of sulfonamides is 1. The monoisotopic (exact) mass is 423 g/mol. The Morgan fingerprint density at radius 1 is 0.931 bits per heavy atom. The molecule has 6 nitrogen and oxygen atoms in total. The standard InChI is InChI=1S/C21H17N3O3S2/c25-20(16-9-5-2-6-10-16)23-21-22-18-12-11-17(13-19(18)28-21)24-29(26,27)14-15-7-3-1-4-8-15/h1-13,24H,14H2,(H,22,23,25). The molecule has 0 aliphatic heterocycles. The Bertz CT molecular complexity index is 1250. The summed E-state index contributed by atoms with van der Waals surface area (Å²) in [5.74, 6) is -0.346. The summed E-state index contributed by atoms with van der Waals surface area (Å²) in [6.07, 6.45) is 0. The molecule has 0 saturated carbocycles. The van der Waals surface area contributed by atoms with Crippen LogP contribution in [-0.4, -0.2) is 19.3 Å². The zero-order valence-corrected chi connectivity index (χ0v) is 16.8. The van der Waals surface area contributed by atoms with Gasteiger partial charge in [-0.25, -0.2) is 13.4 Å². The van der Waals surface area contributed by atoms with Crippen LogP contribution in [-0.2, 0) is 15.8 Å². The first-order valence-corrected chi connectivity index (χ1v) is 11.3. The zero-order valence-electron chi connectivity index (χ0n) is 15.2. The highest BCUT2D eigenvalue weighted by molar-refractivity contribution is 7.91. The number of benzene rings is 3. The van der Waals surface area contributed by atoms with Gasteiger partial charge in [0, 0.05) is 5.56 Å². The van der Waals surface area contributed by atoms with Gasteiger partial charge in [-0.3, -0.25) is 14.8 Å². The number of fused-ring (bicyclic) bond motifs is 1. The number of hydrogen-bond donors (Lipinski definition) is 2. The summed E-state index contributed by atoms with van der Waals surface area (Å²) in [6.45, 7) is 0. The van der Waals surface area contributed by atoms with Gasteiger partial charge < -0.3 is 0 Å². The van der Waals surface area contributed by atoms with Gasteiger partial charge in [-0.2, -0.15) is 0 Å². The highest BCUT2D eigenvalue weighted by Gasteiger charge is 2.14. The minimum Gasteiger partial charge on any atom is -0.298 e. The smallest absolute Gasteiger partial charge is 0.257 e. The predicted molar refractivity (Wildman–Crippen MR) is 117 cm³/mol. The first-order valence-electron chi connectivity index (χ1n) is 8.80. The van der Waals surface area contributed by atoms with Gasteiger partial charge in [0.25, 0.3) is 5.91 Å². The largest absolute Gasteiger partial charge is 0.298 e. The normalized spacial score (nSPS) is 11.3. The van der Waals surface area contributed by atoms with Gasteiger partial charge in [0.2, 0.25) is 10.0 Å². The summed E-state index contributed by atoms with van der Waals surface area (Å²) < 4.78 is 28.2. The van der Waals surface area contributed by atoms with E-state index in [1.807, 2.05) is 12.1 Å². The van der Waals surface area contributed by atoms with E-state index in [1.54, 1.807) is 66.7 Å². The number of amides is 1. The molecule has 4 aromatic rings. The molecule has 0 aliphatic rings. The van der Waals surface area contributed by atoms with Crippen LogP contribution in [0, 0.1) is 0 Å². The summed E-state index contributed by atoms with van der Waals surface area (Å²) in [5, 5.41) is 3.23. The van der Waals surface area contributed by atoms with Crippen molar-refractivity contribution in [1.82, 2.24) is 4.98 Å². The molecule has 3 aromatic carbocycles. The van der Waals surface area contributed by atoms with Gasteiger partial charge in [0.15, 0.2) is 5.13 Å². The van der Waals surface area contributed by atoms with Crippen molar-refractivity contribution in [1.29, 1.82) is 0 Å². The van der Waals surface area contributed by atoms with Crippen LogP contribution >= 0.6 is 11.3 Å². The van der Waals surface area contributed by atoms with Crippen molar-refractivity contribution in [3.05, 3.63) is 90.0 Å². The van der Waals surface area contributed by atoms with Crippen molar-refractivity contribution in [3.63, 3.8) is 0 Å². The van der Waals surface area contributed by atoms with E-state index in [-0.39, 0.29) is 11.7 Å². The second kappa shape index (κ2) is 8.02. The molecule has 0 saturated heterocycles. The Balaban J connectivity index is 1.50. The summed E-state index contributed by atoms with van der Waals surface area (Å²) in [4.78, 5) is 16.7. The first kappa shape index (κ1) is 19.1. The minimum atomic E-state index is -3.54.